The fourth-order valence-corrected chi connectivity index (χ4v) is 0.688. The lowest BCUT2D eigenvalue weighted by Crippen LogP contribution is -2.33. The molecular formula is C5H8N4O2. The first-order valence-corrected chi connectivity index (χ1v) is 3.26. The zero-order chi connectivity index (χ0) is 8.10. The molecule has 0 atom stereocenters. The van der Waals surface area contributed by atoms with Gasteiger partial charge >= 0.3 is 5.88 Å². The van der Waals surface area contributed by atoms with E-state index in [1.54, 1.807) is 4.68 Å². The maximum atomic E-state index is 9.63. The molecule has 0 radical (unpaired) electrons. The van der Waals surface area contributed by atoms with Gasteiger partial charge in [-0.1, -0.05) is 11.6 Å². The number of nitrogens with zero attached hydrogens (tertiary/aromatic N) is 4. The van der Waals surface area contributed by atoms with E-state index in [2.05, 4.69) is 20.2 Å². The molecule has 0 spiro atoms. The molecule has 0 fully saturated rings. The molecule has 0 unspecified atom stereocenters. The molecule has 6 nitrogen and oxygen atoms in total. The van der Waals surface area contributed by atoms with Crippen LogP contribution in [-0.2, 0) is 6.54 Å². The van der Waals surface area contributed by atoms with Crippen molar-refractivity contribution >= 4 is 5.88 Å². The van der Waals surface area contributed by atoms with Crippen LogP contribution in [0.25, 0.3) is 0 Å². The van der Waals surface area contributed by atoms with Gasteiger partial charge < -0.3 is 5.21 Å². The average Bonchev–Trinajstić information content (AvgIpc) is 2.38. The minimum atomic E-state index is 0.133. The van der Waals surface area contributed by atoms with E-state index in [0.29, 0.717) is 0 Å². The van der Waals surface area contributed by atoms with Gasteiger partial charge in [0.1, 0.15) is 0 Å². The van der Waals surface area contributed by atoms with Crippen molar-refractivity contribution in [3.05, 3.63) is 11.4 Å². The standard InChI is InChI=1S/C5H8N4O2/c1-2-3-9-4-5(6-7-10)11-8-9/h4H,2-3H2,1H3. The lowest BCUT2D eigenvalue weighted by atomic mass is 10.5. The highest BCUT2D eigenvalue weighted by Gasteiger charge is 2.07. The lowest BCUT2D eigenvalue weighted by molar-refractivity contribution is -0.762. The van der Waals surface area contributed by atoms with Gasteiger partial charge in [-0.15, -0.1) is 5.11 Å². The van der Waals surface area contributed by atoms with E-state index in [1.807, 2.05) is 6.92 Å². The number of aromatic nitrogens is 2. The normalized spacial score (nSPS) is 11.0. The van der Waals surface area contributed by atoms with Crippen molar-refractivity contribution in [3.8, 4) is 0 Å². The summed E-state index contributed by atoms with van der Waals surface area (Å²) >= 11 is 0. The van der Waals surface area contributed by atoms with Crippen LogP contribution < -0.4 is 4.68 Å². The van der Waals surface area contributed by atoms with E-state index in [4.69, 9.17) is 0 Å². The van der Waals surface area contributed by atoms with E-state index in [-0.39, 0.29) is 5.88 Å². The molecule has 0 aliphatic heterocycles. The SMILES string of the molecule is CCC[n+]1cc(/N=N/[O-])on1. The third-order valence-corrected chi connectivity index (χ3v) is 1.09. The van der Waals surface area contributed by atoms with Gasteiger partial charge in [-0.3, -0.25) is 4.52 Å². The Morgan fingerprint density at radius 3 is 3.27 bits per heavy atom. The van der Waals surface area contributed by atoms with Crippen LogP contribution >= 0.6 is 0 Å². The Labute approximate surface area is 63.1 Å². The summed E-state index contributed by atoms with van der Waals surface area (Å²) in [5.74, 6) is 0.133. The van der Waals surface area contributed by atoms with Gasteiger partial charge in [-0.25, -0.2) is 5.28 Å². The Bertz CT molecular complexity index is 244. The molecule has 0 aromatic carbocycles. The number of rotatable bonds is 3. The summed E-state index contributed by atoms with van der Waals surface area (Å²) in [6, 6.07) is 0. The Morgan fingerprint density at radius 1 is 1.82 bits per heavy atom. The van der Waals surface area contributed by atoms with Crippen molar-refractivity contribution in [2.24, 2.45) is 10.4 Å². The van der Waals surface area contributed by atoms with Gasteiger partial charge in [0.2, 0.25) is 5.27 Å². The Balaban J connectivity index is 2.65. The molecule has 11 heavy (non-hydrogen) atoms. The first kappa shape index (κ1) is 7.64. The first-order chi connectivity index (χ1) is 5.36. The molecule has 0 aliphatic carbocycles. The van der Waals surface area contributed by atoms with Crippen LogP contribution in [0.5, 0.6) is 0 Å². The molecule has 60 valence electrons. The summed E-state index contributed by atoms with van der Waals surface area (Å²) in [6.07, 6.45) is 2.47. The van der Waals surface area contributed by atoms with Crippen LogP contribution in [0.4, 0.5) is 5.88 Å². The summed E-state index contributed by atoms with van der Waals surface area (Å²) in [4.78, 5) is 0. The molecule has 6 heteroatoms. The van der Waals surface area contributed by atoms with Crippen molar-refractivity contribution in [3.63, 3.8) is 0 Å². The maximum absolute atomic E-state index is 9.63. The largest absolute Gasteiger partial charge is 0.775 e. The summed E-state index contributed by atoms with van der Waals surface area (Å²) in [5.41, 5.74) is 0. The number of hydrogen-bond donors (Lipinski definition) is 0. The highest BCUT2D eigenvalue weighted by Crippen LogP contribution is 2.05. The Hall–Kier alpha value is -1.46. The molecule has 1 rings (SSSR count). The highest BCUT2D eigenvalue weighted by atomic mass is 16.5. The van der Waals surface area contributed by atoms with E-state index in [1.165, 1.54) is 6.20 Å². The zero-order valence-electron chi connectivity index (χ0n) is 6.10. The molecule has 0 aliphatic rings. The lowest BCUT2D eigenvalue weighted by Gasteiger charge is -1.79. The van der Waals surface area contributed by atoms with Crippen molar-refractivity contribution in [2.45, 2.75) is 19.9 Å². The van der Waals surface area contributed by atoms with Crippen LogP contribution in [0, 0.1) is 5.21 Å². The average molecular weight is 156 g/mol. The van der Waals surface area contributed by atoms with Crippen LogP contribution in [0.3, 0.4) is 0 Å². The fraction of sp³-hybridized carbons (Fsp3) is 0.600. The van der Waals surface area contributed by atoms with E-state index < -0.39 is 0 Å². The highest BCUT2D eigenvalue weighted by molar-refractivity contribution is 5.09. The summed E-state index contributed by atoms with van der Waals surface area (Å²) in [7, 11) is 0. The molecule has 1 aromatic rings. The molecule has 0 saturated carbocycles. The van der Waals surface area contributed by atoms with Crippen LogP contribution in [-0.4, -0.2) is 5.27 Å². The van der Waals surface area contributed by atoms with Gasteiger partial charge in [0.25, 0.3) is 6.20 Å². The van der Waals surface area contributed by atoms with Gasteiger partial charge in [0.05, 0.1) is 0 Å². The van der Waals surface area contributed by atoms with E-state index >= 15 is 0 Å². The van der Waals surface area contributed by atoms with Crippen LogP contribution in [0.1, 0.15) is 13.3 Å². The van der Waals surface area contributed by atoms with Crippen molar-refractivity contribution in [2.75, 3.05) is 0 Å². The summed E-state index contributed by atoms with van der Waals surface area (Å²) in [6.45, 7) is 2.76. The molecule has 0 bridgehead atoms. The van der Waals surface area contributed by atoms with E-state index in [0.717, 1.165) is 13.0 Å². The van der Waals surface area contributed by atoms with Crippen molar-refractivity contribution < 1.29 is 9.20 Å². The monoisotopic (exact) mass is 156 g/mol. The van der Waals surface area contributed by atoms with Crippen molar-refractivity contribution in [1.29, 1.82) is 0 Å². The third-order valence-electron chi connectivity index (χ3n) is 1.09. The van der Waals surface area contributed by atoms with Gasteiger partial charge in [-0.05, 0) is 0 Å². The fourth-order valence-electron chi connectivity index (χ4n) is 0.688. The zero-order valence-corrected chi connectivity index (χ0v) is 6.10. The molecule has 1 aromatic heterocycles. The molecule has 0 amide bonds. The van der Waals surface area contributed by atoms with Crippen LogP contribution in [0.2, 0.25) is 0 Å². The minimum absolute atomic E-state index is 0.133. The second-order valence-electron chi connectivity index (χ2n) is 1.98. The number of aryl methyl sites for hydroxylation is 1. The summed E-state index contributed by atoms with van der Waals surface area (Å²) < 4.78 is 6.17. The predicted octanol–water partition coefficient (Wildman–Crippen LogP) is 0.954. The second kappa shape index (κ2) is 3.65. The molecular weight excluding hydrogens is 148 g/mol. The Morgan fingerprint density at radius 2 is 2.64 bits per heavy atom. The maximum Gasteiger partial charge on any atom is 0.339 e. The smallest absolute Gasteiger partial charge is 0.339 e. The predicted molar refractivity (Wildman–Crippen MR) is 34.9 cm³/mol. The summed E-state index contributed by atoms with van der Waals surface area (Å²) in [5, 5.41) is 18.6. The number of hydrogen-bond acceptors (Lipinski definition) is 5. The quantitative estimate of drug-likeness (QED) is 0.371. The third kappa shape index (κ3) is 1.99. The van der Waals surface area contributed by atoms with Crippen molar-refractivity contribution in [1.82, 2.24) is 5.27 Å². The molecule has 0 N–H and O–H groups in total. The molecule has 0 saturated heterocycles. The topological polar surface area (TPSA) is 77.7 Å². The minimum Gasteiger partial charge on any atom is -0.775 e. The van der Waals surface area contributed by atoms with E-state index in [9.17, 15) is 5.21 Å². The first-order valence-electron chi connectivity index (χ1n) is 3.26. The van der Waals surface area contributed by atoms with Gasteiger partial charge in [0, 0.05) is 6.42 Å². The Kier molecular flexibility index (Phi) is 2.53. The van der Waals surface area contributed by atoms with Gasteiger partial charge in [0.15, 0.2) is 6.54 Å². The molecule has 1 heterocycles. The second-order valence-corrected chi connectivity index (χ2v) is 1.98. The van der Waals surface area contributed by atoms with Gasteiger partial charge in [-0.2, -0.15) is 0 Å². The van der Waals surface area contributed by atoms with Crippen LogP contribution in [0.15, 0.2) is 21.1 Å².